The topological polar surface area (TPSA) is 32.7 Å². The molecule has 1 aromatic carbocycles. The molecule has 0 fully saturated rings. The van der Waals surface area contributed by atoms with Gasteiger partial charge in [-0.25, -0.2) is 0 Å². The molecule has 4 heteroatoms. The quantitative estimate of drug-likeness (QED) is 0.828. The normalized spacial score (nSPS) is 14.8. The van der Waals surface area contributed by atoms with Gasteiger partial charge in [0.15, 0.2) is 0 Å². The van der Waals surface area contributed by atoms with Gasteiger partial charge in [-0.3, -0.25) is 0 Å². The van der Waals surface area contributed by atoms with Gasteiger partial charge in [0.1, 0.15) is 0 Å². The molecule has 0 amide bonds. The van der Waals surface area contributed by atoms with Crippen molar-refractivity contribution in [3.63, 3.8) is 0 Å². The standard InChI is InChI=1S/C14H22ClNO2/c1-11(10-18-3)16(2)8-7-14(17)12-5-4-6-13(15)9-12/h4-6,9,11,14,17H,7-8,10H2,1-3H3. The van der Waals surface area contributed by atoms with Crippen molar-refractivity contribution in [1.82, 2.24) is 4.90 Å². The highest BCUT2D eigenvalue weighted by atomic mass is 35.5. The van der Waals surface area contributed by atoms with Crippen molar-refractivity contribution in [3.05, 3.63) is 34.9 Å². The molecule has 1 aromatic rings. The molecule has 102 valence electrons. The average Bonchev–Trinajstić information content (AvgIpc) is 2.35. The molecule has 2 unspecified atom stereocenters. The second-order valence-electron chi connectivity index (χ2n) is 4.64. The van der Waals surface area contributed by atoms with E-state index < -0.39 is 6.10 Å². The average molecular weight is 272 g/mol. The van der Waals surface area contributed by atoms with Crippen LogP contribution < -0.4 is 0 Å². The van der Waals surface area contributed by atoms with E-state index in [1.54, 1.807) is 7.11 Å². The third kappa shape index (κ3) is 4.94. The van der Waals surface area contributed by atoms with E-state index in [4.69, 9.17) is 16.3 Å². The molecule has 0 radical (unpaired) electrons. The highest BCUT2D eigenvalue weighted by Crippen LogP contribution is 2.20. The summed E-state index contributed by atoms with van der Waals surface area (Å²) in [5.41, 5.74) is 0.871. The number of hydrogen-bond acceptors (Lipinski definition) is 3. The van der Waals surface area contributed by atoms with Gasteiger partial charge in [0.25, 0.3) is 0 Å². The van der Waals surface area contributed by atoms with Crippen LogP contribution in [0.4, 0.5) is 0 Å². The van der Waals surface area contributed by atoms with Crippen LogP contribution in [-0.4, -0.2) is 43.4 Å². The molecular formula is C14H22ClNO2. The van der Waals surface area contributed by atoms with Crippen molar-refractivity contribution in [2.45, 2.75) is 25.5 Å². The van der Waals surface area contributed by atoms with E-state index in [0.717, 1.165) is 12.1 Å². The zero-order valence-corrected chi connectivity index (χ0v) is 12.0. The fourth-order valence-electron chi connectivity index (χ4n) is 1.80. The first-order chi connectivity index (χ1) is 8.54. The first-order valence-electron chi connectivity index (χ1n) is 6.17. The first-order valence-corrected chi connectivity index (χ1v) is 6.55. The Morgan fingerprint density at radius 2 is 2.17 bits per heavy atom. The lowest BCUT2D eigenvalue weighted by molar-refractivity contribution is 0.0960. The Balaban J connectivity index is 2.43. The maximum Gasteiger partial charge on any atom is 0.0802 e. The largest absolute Gasteiger partial charge is 0.388 e. The number of benzene rings is 1. The van der Waals surface area contributed by atoms with E-state index in [2.05, 4.69) is 11.8 Å². The summed E-state index contributed by atoms with van der Waals surface area (Å²) in [6.45, 7) is 3.62. The summed E-state index contributed by atoms with van der Waals surface area (Å²) >= 11 is 5.91. The number of aliphatic hydroxyl groups is 1. The van der Waals surface area contributed by atoms with Gasteiger partial charge in [0.2, 0.25) is 0 Å². The number of aliphatic hydroxyl groups excluding tert-OH is 1. The number of rotatable bonds is 7. The zero-order valence-electron chi connectivity index (χ0n) is 11.3. The van der Waals surface area contributed by atoms with Gasteiger partial charge in [-0.05, 0) is 38.1 Å². The van der Waals surface area contributed by atoms with Crippen LogP contribution in [0.2, 0.25) is 5.02 Å². The number of halogens is 1. The monoisotopic (exact) mass is 271 g/mol. The van der Waals surface area contributed by atoms with E-state index in [1.165, 1.54) is 0 Å². The van der Waals surface area contributed by atoms with Crippen LogP contribution in [0.5, 0.6) is 0 Å². The molecule has 0 bridgehead atoms. The molecule has 1 rings (SSSR count). The lowest BCUT2D eigenvalue weighted by atomic mass is 10.1. The van der Waals surface area contributed by atoms with E-state index in [1.807, 2.05) is 31.3 Å². The number of ether oxygens (including phenoxy) is 1. The molecule has 0 aliphatic carbocycles. The lowest BCUT2D eigenvalue weighted by Crippen LogP contribution is -2.34. The van der Waals surface area contributed by atoms with Gasteiger partial charge in [-0.2, -0.15) is 0 Å². The van der Waals surface area contributed by atoms with Gasteiger partial charge in [0, 0.05) is 24.7 Å². The second kappa shape index (κ2) is 7.74. The minimum absolute atomic E-state index is 0.349. The fraction of sp³-hybridized carbons (Fsp3) is 0.571. The summed E-state index contributed by atoms with van der Waals surface area (Å²) < 4.78 is 5.11. The van der Waals surface area contributed by atoms with Crippen molar-refractivity contribution >= 4 is 11.6 Å². The molecule has 2 atom stereocenters. The summed E-state index contributed by atoms with van der Waals surface area (Å²) in [5, 5.41) is 10.7. The summed E-state index contributed by atoms with van der Waals surface area (Å²) in [4.78, 5) is 2.18. The van der Waals surface area contributed by atoms with Crippen LogP contribution in [0.15, 0.2) is 24.3 Å². The van der Waals surface area contributed by atoms with Crippen LogP contribution in [0.25, 0.3) is 0 Å². The SMILES string of the molecule is COCC(C)N(C)CCC(O)c1cccc(Cl)c1. The molecule has 0 spiro atoms. The maximum absolute atomic E-state index is 10.1. The molecule has 18 heavy (non-hydrogen) atoms. The van der Waals surface area contributed by atoms with E-state index >= 15 is 0 Å². The molecule has 0 aliphatic heterocycles. The van der Waals surface area contributed by atoms with Crippen LogP contribution >= 0.6 is 11.6 Å². The second-order valence-corrected chi connectivity index (χ2v) is 5.08. The van der Waals surface area contributed by atoms with Crippen molar-refractivity contribution in [2.24, 2.45) is 0 Å². The van der Waals surface area contributed by atoms with Gasteiger partial charge < -0.3 is 14.7 Å². The molecule has 3 nitrogen and oxygen atoms in total. The number of nitrogens with zero attached hydrogens (tertiary/aromatic N) is 1. The first kappa shape index (κ1) is 15.4. The summed E-state index contributed by atoms with van der Waals surface area (Å²) in [7, 11) is 3.74. The Labute approximate surface area is 114 Å². The summed E-state index contributed by atoms with van der Waals surface area (Å²) in [5.74, 6) is 0. The Bertz CT molecular complexity index is 359. The summed E-state index contributed by atoms with van der Waals surface area (Å²) in [6.07, 6.45) is 0.214. The highest BCUT2D eigenvalue weighted by molar-refractivity contribution is 6.30. The number of methoxy groups -OCH3 is 1. The zero-order chi connectivity index (χ0) is 13.5. The Morgan fingerprint density at radius 1 is 1.44 bits per heavy atom. The number of likely N-dealkylation sites (N-methyl/N-ethyl adjacent to an activating group) is 1. The highest BCUT2D eigenvalue weighted by Gasteiger charge is 2.12. The maximum atomic E-state index is 10.1. The molecular weight excluding hydrogens is 250 g/mol. The van der Waals surface area contributed by atoms with Gasteiger partial charge in [-0.15, -0.1) is 0 Å². The third-order valence-corrected chi connectivity index (χ3v) is 3.38. The molecule has 0 aliphatic rings. The molecule has 0 saturated carbocycles. The molecule has 0 aromatic heterocycles. The van der Waals surface area contributed by atoms with Crippen molar-refractivity contribution in [2.75, 3.05) is 27.3 Å². The van der Waals surface area contributed by atoms with Crippen LogP contribution in [-0.2, 0) is 4.74 Å². The van der Waals surface area contributed by atoms with Gasteiger partial charge in [0.05, 0.1) is 12.7 Å². The minimum atomic E-state index is -0.471. The van der Waals surface area contributed by atoms with E-state index in [9.17, 15) is 5.11 Å². The van der Waals surface area contributed by atoms with Crippen LogP contribution in [0.3, 0.4) is 0 Å². The molecule has 0 saturated heterocycles. The van der Waals surface area contributed by atoms with Crippen molar-refractivity contribution in [1.29, 1.82) is 0 Å². The van der Waals surface area contributed by atoms with E-state index in [0.29, 0.717) is 24.1 Å². The minimum Gasteiger partial charge on any atom is -0.388 e. The lowest BCUT2D eigenvalue weighted by Gasteiger charge is -2.25. The Kier molecular flexibility index (Phi) is 6.65. The van der Waals surface area contributed by atoms with Gasteiger partial charge in [-0.1, -0.05) is 23.7 Å². The summed E-state index contributed by atoms with van der Waals surface area (Å²) in [6, 6.07) is 7.73. The van der Waals surface area contributed by atoms with E-state index in [-0.39, 0.29) is 0 Å². The predicted molar refractivity (Wildman–Crippen MR) is 75.0 cm³/mol. The van der Waals surface area contributed by atoms with Crippen LogP contribution in [0.1, 0.15) is 25.0 Å². The number of hydrogen-bond donors (Lipinski definition) is 1. The molecule has 0 heterocycles. The molecule has 1 N–H and O–H groups in total. The third-order valence-electron chi connectivity index (χ3n) is 3.15. The van der Waals surface area contributed by atoms with Crippen LogP contribution in [0, 0.1) is 0 Å². The predicted octanol–water partition coefficient (Wildman–Crippen LogP) is 2.73. The van der Waals surface area contributed by atoms with Gasteiger partial charge >= 0.3 is 0 Å². The fourth-order valence-corrected chi connectivity index (χ4v) is 1.99. The van der Waals surface area contributed by atoms with Crippen molar-refractivity contribution in [3.8, 4) is 0 Å². The Hall–Kier alpha value is -0.610. The van der Waals surface area contributed by atoms with Crippen molar-refractivity contribution < 1.29 is 9.84 Å². The Morgan fingerprint density at radius 3 is 2.78 bits per heavy atom. The smallest absolute Gasteiger partial charge is 0.0802 e.